The minimum atomic E-state index is -0.802. The highest BCUT2D eigenvalue weighted by atomic mass is 16.6. The first-order valence-corrected chi connectivity index (χ1v) is 8.24. The van der Waals surface area contributed by atoms with Gasteiger partial charge in [0.1, 0.15) is 18.8 Å². The molecule has 1 aromatic carbocycles. The fourth-order valence-corrected chi connectivity index (χ4v) is 2.22. The van der Waals surface area contributed by atoms with Gasteiger partial charge in [-0.05, 0) is 38.1 Å². The van der Waals surface area contributed by atoms with Crippen LogP contribution in [0.2, 0.25) is 0 Å². The second-order valence-electron chi connectivity index (χ2n) is 5.82. The highest BCUT2D eigenvalue weighted by molar-refractivity contribution is 6.16. The van der Waals surface area contributed by atoms with E-state index in [9.17, 15) is 14.4 Å². The van der Waals surface area contributed by atoms with Gasteiger partial charge >= 0.3 is 11.9 Å². The monoisotopic (exact) mass is 371 g/mol. The lowest BCUT2D eigenvalue weighted by Gasteiger charge is -2.10. The molecule has 7 nitrogen and oxygen atoms in total. The van der Waals surface area contributed by atoms with Crippen molar-refractivity contribution in [1.82, 2.24) is 0 Å². The zero-order valence-electron chi connectivity index (χ0n) is 15.5. The number of para-hydroxylation sites is 2. The van der Waals surface area contributed by atoms with Crippen LogP contribution in [-0.2, 0) is 23.9 Å². The van der Waals surface area contributed by atoms with Gasteiger partial charge in [-0.3, -0.25) is 4.79 Å². The van der Waals surface area contributed by atoms with E-state index >= 15 is 0 Å². The number of hydrogen-bond acceptors (Lipinski definition) is 7. The Morgan fingerprint density at radius 2 is 1.74 bits per heavy atom. The molecule has 0 saturated carbocycles. The first-order chi connectivity index (χ1) is 12.8. The molecule has 0 spiro atoms. The van der Waals surface area contributed by atoms with Crippen molar-refractivity contribution in [2.75, 3.05) is 25.2 Å². The number of fused-ring (bicyclic) bond motifs is 1. The Balaban J connectivity index is 2.00. The number of benzene rings is 1. The van der Waals surface area contributed by atoms with Crippen molar-refractivity contribution >= 4 is 23.4 Å². The molecule has 0 aliphatic carbocycles. The highest BCUT2D eigenvalue weighted by Crippen LogP contribution is 2.37. The fraction of sp³-hybridized carbons (Fsp3) is 0.250. The molecule has 0 bridgehead atoms. The Morgan fingerprint density at radius 3 is 2.33 bits per heavy atom. The normalized spacial score (nSPS) is 14.4. The zero-order valence-corrected chi connectivity index (χ0v) is 15.5. The molecule has 0 atom stereocenters. The number of Topliss-reactive ketones (excluding diaryl/α,β-unsaturated/α-hetero) is 1. The predicted molar refractivity (Wildman–Crippen MR) is 99.1 cm³/mol. The Morgan fingerprint density at radius 1 is 1.11 bits per heavy atom. The molecular weight excluding hydrogens is 350 g/mol. The lowest BCUT2D eigenvalue weighted by Crippen LogP contribution is -2.18. The average molecular weight is 371 g/mol. The van der Waals surface area contributed by atoms with E-state index in [-0.39, 0.29) is 24.4 Å². The number of ether oxygens (including phenoxy) is 3. The molecule has 1 aliphatic heterocycles. The molecule has 7 heteroatoms. The molecule has 1 heterocycles. The van der Waals surface area contributed by atoms with Gasteiger partial charge in [-0.1, -0.05) is 18.7 Å². The molecule has 0 saturated heterocycles. The first-order valence-electron chi connectivity index (χ1n) is 8.24. The average Bonchev–Trinajstić information content (AvgIpc) is 2.94. The van der Waals surface area contributed by atoms with Crippen LogP contribution in [0.4, 0.5) is 5.69 Å². The summed E-state index contributed by atoms with van der Waals surface area (Å²) in [6.07, 6.45) is 2.88. The second kappa shape index (κ2) is 8.84. The minimum Gasteiger partial charge on any atom is -0.459 e. The molecule has 1 aromatic rings. The summed E-state index contributed by atoms with van der Waals surface area (Å²) in [5.74, 6) is -0.666. The van der Waals surface area contributed by atoms with Crippen molar-refractivity contribution in [3.05, 3.63) is 60.0 Å². The van der Waals surface area contributed by atoms with Gasteiger partial charge in [0.25, 0.3) is 0 Å². The van der Waals surface area contributed by atoms with Gasteiger partial charge in [0.2, 0.25) is 0 Å². The Labute approximate surface area is 157 Å². The SMILES string of the molecule is C=C(C)C(=O)OCCOC(=O)/C(=C/C=C1\Oc2ccccc2N1C)C(C)=O. The topological polar surface area (TPSA) is 82.1 Å². The first kappa shape index (κ1) is 20.0. The summed E-state index contributed by atoms with van der Waals surface area (Å²) < 4.78 is 15.5. The number of hydrogen-bond donors (Lipinski definition) is 0. The van der Waals surface area contributed by atoms with Gasteiger partial charge < -0.3 is 19.1 Å². The molecule has 0 fully saturated rings. The van der Waals surface area contributed by atoms with Gasteiger partial charge in [0, 0.05) is 12.6 Å². The van der Waals surface area contributed by atoms with Crippen LogP contribution in [-0.4, -0.2) is 38.0 Å². The number of ketones is 1. The maximum absolute atomic E-state index is 12.1. The molecule has 142 valence electrons. The third-order valence-electron chi connectivity index (χ3n) is 3.66. The molecule has 2 rings (SSSR count). The third kappa shape index (κ3) is 5.07. The van der Waals surface area contributed by atoms with Crippen LogP contribution in [0.15, 0.2) is 60.0 Å². The van der Waals surface area contributed by atoms with Crippen LogP contribution >= 0.6 is 0 Å². The summed E-state index contributed by atoms with van der Waals surface area (Å²) in [7, 11) is 1.81. The standard InChI is InChI=1S/C20H21NO6/c1-13(2)19(23)25-11-12-26-20(24)15(14(3)22)9-10-18-21(4)16-7-5-6-8-17(16)27-18/h5-10H,1,11-12H2,2-4H3/b15-9+,18-10-. The zero-order chi connectivity index (χ0) is 20.0. The van der Waals surface area contributed by atoms with Crippen LogP contribution in [0.5, 0.6) is 5.75 Å². The van der Waals surface area contributed by atoms with Gasteiger partial charge in [-0.15, -0.1) is 0 Å². The van der Waals surface area contributed by atoms with E-state index in [0.29, 0.717) is 11.6 Å². The van der Waals surface area contributed by atoms with Crippen molar-refractivity contribution in [2.24, 2.45) is 0 Å². The summed E-state index contributed by atoms with van der Waals surface area (Å²) in [5, 5.41) is 0. The molecular formula is C20H21NO6. The van der Waals surface area contributed by atoms with Crippen molar-refractivity contribution in [1.29, 1.82) is 0 Å². The largest absolute Gasteiger partial charge is 0.459 e. The van der Waals surface area contributed by atoms with Crippen molar-refractivity contribution in [3.8, 4) is 5.75 Å². The number of carbonyl (C=O) groups is 3. The van der Waals surface area contributed by atoms with Gasteiger partial charge in [0.05, 0.1) is 5.69 Å². The molecule has 0 unspecified atom stereocenters. The molecule has 0 N–H and O–H groups in total. The van der Waals surface area contributed by atoms with E-state index in [1.165, 1.54) is 26.0 Å². The molecule has 0 radical (unpaired) electrons. The van der Waals surface area contributed by atoms with E-state index in [4.69, 9.17) is 14.2 Å². The summed E-state index contributed by atoms with van der Waals surface area (Å²) in [6, 6.07) is 7.45. The summed E-state index contributed by atoms with van der Waals surface area (Å²) in [6.45, 7) is 5.94. The van der Waals surface area contributed by atoms with Crippen LogP contribution in [0.25, 0.3) is 0 Å². The van der Waals surface area contributed by atoms with Crippen molar-refractivity contribution < 1.29 is 28.6 Å². The Kier molecular flexibility index (Phi) is 6.54. The van der Waals surface area contributed by atoms with Gasteiger partial charge in [-0.2, -0.15) is 0 Å². The van der Waals surface area contributed by atoms with E-state index < -0.39 is 17.7 Å². The van der Waals surface area contributed by atoms with Crippen LogP contribution < -0.4 is 9.64 Å². The van der Waals surface area contributed by atoms with E-state index in [1.807, 2.05) is 31.3 Å². The predicted octanol–water partition coefficient (Wildman–Crippen LogP) is 2.53. The number of anilines is 1. The fourth-order valence-electron chi connectivity index (χ4n) is 2.22. The van der Waals surface area contributed by atoms with Crippen LogP contribution in [0, 0.1) is 0 Å². The van der Waals surface area contributed by atoms with Crippen molar-refractivity contribution in [2.45, 2.75) is 13.8 Å². The maximum Gasteiger partial charge on any atom is 0.341 e. The number of nitrogens with zero attached hydrogens (tertiary/aromatic N) is 1. The number of esters is 2. The second-order valence-corrected chi connectivity index (χ2v) is 5.82. The lowest BCUT2D eigenvalue weighted by molar-refractivity contribution is -0.148. The quantitative estimate of drug-likeness (QED) is 0.239. The van der Waals surface area contributed by atoms with Gasteiger partial charge in [-0.25, -0.2) is 9.59 Å². The van der Waals surface area contributed by atoms with E-state index in [0.717, 1.165) is 5.69 Å². The maximum atomic E-state index is 12.1. The lowest BCUT2D eigenvalue weighted by atomic mass is 10.1. The number of allylic oxidation sites excluding steroid dienone is 2. The Hall–Kier alpha value is -3.35. The summed E-state index contributed by atoms with van der Waals surface area (Å²) in [5.41, 5.74) is 0.990. The van der Waals surface area contributed by atoms with Crippen LogP contribution in [0.3, 0.4) is 0 Å². The smallest absolute Gasteiger partial charge is 0.341 e. The Bertz CT molecular complexity index is 837. The molecule has 1 aliphatic rings. The number of carbonyl (C=O) groups excluding carboxylic acids is 3. The molecule has 0 amide bonds. The minimum absolute atomic E-state index is 0.120. The van der Waals surface area contributed by atoms with Gasteiger partial charge in [0.15, 0.2) is 17.4 Å². The van der Waals surface area contributed by atoms with E-state index in [2.05, 4.69) is 6.58 Å². The number of rotatable bonds is 7. The molecule has 0 aromatic heterocycles. The highest BCUT2D eigenvalue weighted by Gasteiger charge is 2.22. The summed E-state index contributed by atoms with van der Waals surface area (Å²) >= 11 is 0. The van der Waals surface area contributed by atoms with E-state index in [1.54, 1.807) is 4.90 Å². The van der Waals surface area contributed by atoms with Crippen molar-refractivity contribution in [3.63, 3.8) is 0 Å². The third-order valence-corrected chi connectivity index (χ3v) is 3.66. The summed E-state index contributed by atoms with van der Waals surface area (Å²) in [4.78, 5) is 36.9. The molecule has 27 heavy (non-hydrogen) atoms. The van der Waals surface area contributed by atoms with Crippen LogP contribution in [0.1, 0.15) is 13.8 Å².